The van der Waals surface area contributed by atoms with Crippen molar-refractivity contribution in [2.75, 3.05) is 19.7 Å². The van der Waals surface area contributed by atoms with Crippen molar-refractivity contribution in [1.29, 1.82) is 0 Å². The number of aliphatic hydroxyl groups excluding tert-OH is 1. The zero-order valence-electron chi connectivity index (χ0n) is 15.2. The molecule has 6 nitrogen and oxygen atoms in total. The molecule has 1 aliphatic rings. The lowest BCUT2D eigenvalue weighted by Gasteiger charge is -2.40. The highest BCUT2D eigenvalue weighted by molar-refractivity contribution is 5.74. The molecule has 0 saturated carbocycles. The van der Waals surface area contributed by atoms with Gasteiger partial charge in [-0.05, 0) is 37.5 Å². The van der Waals surface area contributed by atoms with Crippen LogP contribution in [-0.4, -0.2) is 40.9 Å². The first-order chi connectivity index (χ1) is 11.6. The van der Waals surface area contributed by atoms with E-state index in [0.717, 1.165) is 37.8 Å². The first-order valence-electron chi connectivity index (χ1n) is 9.16. The number of rotatable bonds is 7. The molecule has 0 atom stereocenters. The van der Waals surface area contributed by atoms with E-state index in [-0.39, 0.29) is 18.1 Å². The van der Waals surface area contributed by atoms with E-state index >= 15 is 0 Å². The Labute approximate surface area is 144 Å². The van der Waals surface area contributed by atoms with E-state index < -0.39 is 0 Å². The van der Waals surface area contributed by atoms with Gasteiger partial charge in [0.05, 0.1) is 12.2 Å². The summed E-state index contributed by atoms with van der Waals surface area (Å²) in [5.41, 5.74) is 0.962. The van der Waals surface area contributed by atoms with Gasteiger partial charge in [0.25, 0.3) is 0 Å². The number of carbonyl (C=O) groups is 1. The number of nitrogens with one attached hydrogen (secondary N) is 1. The summed E-state index contributed by atoms with van der Waals surface area (Å²) in [4.78, 5) is 14.1. The lowest BCUT2D eigenvalue weighted by atomic mass is 9.77. The summed E-state index contributed by atoms with van der Waals surface area (Å²) in [5.74, 6) is 1.11. The Morgan fingerprint density at radius 2 is 2.04 bits per heavy atom. The summed E-state index contributed by atoms with van der Waals surface area (Å²) in [6, 6.07) is 1.88. The summed E-state index contributed by atoms with van der Waals surface area (Å²) in [6.45, 7) is 8.34. The van der Waals surface area contributed by atoms with Crippen LogP contribution in [0.4, 0.5) is 4.79 Å². The number of aromatic nitrogens is 1. The third-order valence-corrected chi connectivity index (χ3v) is 5.59. The average Bonchev–Trinajstić information content (AvgIpc) is 3.09. The molecule has 1 aromatic rings. The summed E-state index contributed by atoms with van der Waals surface area (Å²) in [7, 11) is 0. The van der Waals surface area contributed by atoms with Crippen molar-refractivity contribution in [2.45, 2.75) is 65.3 Å². The quantitative estimate of drug-likeness (QED) is 0.800. The lowest BCUT2D eigenvalue weighted by Crippen LogP contribution is -2.48. The molecule has 136 valence electrons. The number of carbonyl (C=O) groups excluding carboxylic acids is 1. The maximum absolute atomic E-state index is 12.3. The van der Waals surface area contributed by atoms with Gasteiger partial charge in [0, 0.05) is 31.7 Å². The van der Waals surface area contributed by atoms with Gasteiger partial charge in [0.2, 0.25) is 0 Å². The number of hydrogen-bond donors (Lipinski definition) is 2. The fourth-order valence-electron chi connectivity index (χ4n) is 3.39. The number of aliphatic hydroxyl groups is 1. The average molecular weight is 337 g/mol. The van der Waals surface area contributed by atoms with Gasteiger partial charge in [-0.15, -0.1) is 0 Å². The number of urea groups is 1. The minimum atomic E-state index is -0.0712. The maximum Gasteiger partial charge on any atom is 0.317 e. The van der Waals surface area contributed by atoms with Gasteiger partial charge < -0.3 is 19.8 Å². The standard InChI is InChI=1S/C18H31N3O3/c1-4-14(5-2)16-11-15(24-20-16)12-19-17(23)21-9-7-18(6-3,13-22)8-10-21/h11,14,22H,4-10,12-13H2,1-3H3,(H,19,23). The van der Waals surface area contributed by atoms with Crippen molar-refractivity contribution in [1.82, 2.24) is 15.4 Å². The molecule has 0 spiro atoms. The SMILES string of the molecule is CCC(CC)c1cc(CNC(=O)N2CCC(CC)(CO)CC2)on1. The maximum atomic E-state index is 12.3. The van der Waals surface area contributed by atoms with Crippen LogP contribution in [0.1, 0.15) is 70.2 Å². The van der Waals surface area contributed by atoms with E-state index in [2.05, 4.69) is 31.2 Å². The molecule has 2 amide bonds. The second-order valence-electron chi connectivity index (χ2n) is 6.89. The molecule has 2 heterocycles. The van der Waals surface area contributed by atoms with Crippen LogP contribution in [0.5, 0.6) is 0 Å². The molecule has 2 rings (SSSR count). The Balaban J connectivity index is 1.82. The second-order valence-corrected chi connectivity index (χ2v) is 6.89. The van der Waals surface area contributed by atoms with Gasteiger partial charge in [-0.2, -0.15) is 0 Å². The monoisotopic (exact) mass is 337 g/mol. The summed E-state index contributed by atoms with van der Waals surface area (Å²) in [6.07, 6.45) is 4.73. The Hall–Kier alpha value is -1.56. The highest BCUT2D eigenvalue weighted by Crippen LogP contribution is 2.34. The van der Waals surface area contributed by atoms with E-state index in [4.69, 9.17) is 4.52 Å². The van der Waals surface area contributed by atoms with Crippen LogP contribution >= 0.6 is 0 Å². The molecule has 0 radical (unpaired) electrons. The van der Waals surface area contributed by atoms with Crippen LogP contribution in [0.25, 0.3) is 0 Å². The highest BCUT2D eigenvalue weighted by atomic mass is 16.5. The van der Waals surface area contributed by atoms with Gasteiger partial charge in [-0.25, -0.2) is 4.79 Å². The largest absolute Gasteiger partial charge is 0.396 e. The van der Waals surface area contributed by atoms with Crippen LogP contribution in [0, 0.1) is 5.41 Å². The lowest BCUT2D eigenvalue weighted by molar-refractivity contribution is 0.0518. The first kappa shape index (κ1) is 18.8. The minimum absolute atomic E-state index is 0.00801. The predicted octanol–water partition coefficient (Wildman–Crippen LogP) is 3.27. The van der Waals surface area contributed by atoms with Gasteiger partial charge in [-0.1, -0.05) is 25.9 Å². The number of amides is 2. The minimum Gasteiger partial charge on any atom is -0.396 e. The number of piperidine rings is 1. The van der Waals surface area contributed by atoms with Crippen LogP contribution in [0.15, 0.2) is 10.6 Å². The molecule has 6 heteroatoms. The van der Waals surface area contributed by atoms with E-state index in [1.807, 2.05) is 11.0 Å². The Bertz CT molecular complexity index is 511. The Morgan fingerprint density at radius 3 is 2.58 bits per heavy atom. The molecular formula is C18H31N3O3. The van der Waals surface area contributed by atoms with Crippen molar-refractivity contribution in [3.8, 4) is 0 Å². The molecule has 0 aliphatic carbocycles. The first-order valence-corrected chi connectivity index (χ1v) is 9.16. The normalized spacial score (nSPS) is 17.3. The van der Waals surface area contributed by atoms with Gasteiger partial charge in [-0.3, -0.25) is 0 Å². The molecule has 0 unspecified atom stereocenters. The number of likely N-dealkylation sites (tertiary alicyclic amines) is 1. The number of nitrogens with zero attached hydrogens (tertiary/aromatic N) is 2. The molecular weight excluding hydrogens is 306 g/mol. The fraction of sp³-hybridized carbons (Fsp3) is 0.778. The third-order valence-electron chi connectivity index (χ3n) is 5.59. The molecule has 24 heavy (non-hydrogen) atoms. The Morgan fingerprint density at radius 1 is 1.38 bits per heavy atom. The van der Waals surface area contributed by atoms with Gasteiger partial charge in [0.15, 0.2) is 5.76 Å². The molecule has 1 aromatic heterocycles. The van der Waals surface area contributed by atoms with Crippen molar-refractivity contribution in [3.63, 3.8) is 0 Å². The topological polar surface area (TPSA) is 78.6 Å². The van der Waals surface area contributed by atoms with E-state index in [1.54, 1.807) is 0 Å². The molecule has 1 fully saturated rings. The van der Waals surface area contributed by atoms with Crippen LogP contribution in [0.2, 0.25) is 0 Å². The van der Waals surface area contributed by atoms with Crippen LogP contribution in [-0.2, 0) is 6.54 Å². The van der Waals surface area contributed by atoms with Crippen molar-refractivity contribution in [2.24, 2.45) is 5.41 Å². The number of hydrogen-bond acceptors (Lipinski definition) is 4. The molecule has 0 aromatic carbocycles. The van der Waals surface area contributed by atoms with E-state index in [0.29, 0.717) is 31.3 Å². The summed E-state index contributed by atoms with van der Waals surface area (Å²) < 4.78 is 5.34. The molecule has 1 saturated heterocycles. The summed E-state index contributed by atoms with van der Waals surface area (Å²) in [5, 5.41) is 16.6. The van der Waals surface area contributed by atoms with E-state index in [1.165, 1.54) is 0 Å². The zero-order chi connectivity index (χ0) is 17.6. The third kappa shape index (κ3) is 4.29. The summed E-state index contributed by atoms with van der Waals surface area (Å²) >= 11 is 0. The molecule has 2 N–H and O–H groups in total. The zero-order valence-corrected chi connectivity index (χ0v) is 15.2. The van der Waals surface area contributed by atoms with Crippen LogP contribution in [0.3, 0.4) is 0 Å². The van der Waals surface area contributed by atoms with E-state index in [9.17, 15) is 9.90 Å². The van der Waals surface area contributed by atoms with Gasteiger partial charge >= 0.3 is 6.03 Å². The molecule has 0 bridgehead atoms. The fourth-order valence-corrected chi connectivity index (χ4v) is 3.39. The molecule has 1 aliphatic heterocycles. The highest BCUT2D eigenvalue weighted by Gasteiger charge is 2.33. The van der Waals surface area contributed by atoms with Crippen LogP contribution < -0.4 is 5.32 Å². The van der Waals surface area contributed by atoms with Crippen molar-refractivity contribution in [3.05, 3.63) is 17.5 Å². The smallest absolute Gasteiger partial charge is 0.317 e. The van der Waals surface area contributed by atoms with Crippen molar-refractivity contribution >= 4 is 6.03 Å². The predicted molar refractivity (Wildman–Crippen MR) is 92.7 cm³/mol. The van der Waals surface area contributed by atoms with Gasteiger partial charge in [0.1, 0.15) is 0 Å². The second kappa shape index (κ2) is 8.51. The van der Waals surface area contributed by atoms with Crippen molar-refractivity contribution < 1.29 is 14.4 Å². The Kier molecular flexibility index (Phi) is 6.66.